The summed E-state index contributed by atoms with van der Waals surface area (Å²) in [5.74, 6) is 1.15. The molecule has 0 spiro atoms. The second kappa shape index (κ2) is 9.74. The Kier molecular flexibility index (Phi) is 6.76. The Morgan fingerprint density at radius 2 is 1.12 bits per heavy atom. The van der Waals surface area contributed by atoms with Crippen molar-refractivity contribution >= 4 is 43.4 Å². The van der Waals surface area contributed by atoms with Crippen LogP contribution in [0.2, 0.25) is 0 Å². The molecule has 0 aliphatic rings. The molecule has 0 amide bonds. The van der Waals surface area contributed by atoms with Gasteiger partial charge in [-0.2, -0.15) is 7.11 Å². The molecule has 5 heteroatoms. The molecule has 6 aromatic rings. The summed E-state index contributed by atoms with van der Waals surface area (Å²) in [7, 11) is 3.55. The van der Waals surface area contributed by atoms with E-state index in [9.17, 15) is 5.11 Å². The molecule has 0 radical (unpaired) electrons. The Balaban J connectivity index is 0.000000157. The minimum Gasteiger partial charge on any atom is -0.665 e. The third-order valence-corrected chi connectivity index (χ3v) is 5.98. The van der Waals surface area contributed by atoms with Gasteiger partial charge in [0.05, 0.1) is 22.2 Å². The van der Waals surface area contributed by atoms with E-state index in [-0.39, 0.29) is 19.5 Å². The molecule has 2 heterocycles. The molecule has 4 aromatic carbocycles. The van der Waals surface area contributed by atoms with Crippen molar-refractivity contribution in [1.82, 2.24) is 9.97 Å². The standard InChI is InChI=1S/C15H12NO.C14H11NO.Zn/c1-10-5-6-11-7-8-12-4-3-9-16-14(12)13(11)15(10)17-2;1-9-4-5-10-6-7-11-3-2-8-15-13(11)12(10)14(9)16;/h3-9H,2H2,1H3;2-8,16H,1H3;/q-1;;. The number of benzene rings is 4. The third kappa shape index (κ3) is 4.08. The number of hydrogen-bond donors (Lipinski definition) is 1. The summed E-state index contributed by atoms with van der Waals surface area (Å²) in [6, 6.07) is 24.2. The molecule has 34 heavy (non-hydrogen) atoms. The van der Waals surface area contributed by atoms with Crippen molar-refractivity contribution in [2.45, 2.75) is 13.8 Å². The van der Waals surface area contributed by atoms with Crippen LogP contribution in [0.4, 0.5) is 0 Å². The van der Waals surface area contributed by atoms with E-state index in [4.69, 9.17) is 4.74 Å². The molecule has 0 fully saturated rings. The van der Waals surface area contributed by atoms with Crippen molar-refractivity contribution in [2.75, 3.05) is 0 Å². The fraction of sp³-hybridized carbons (Fsp3) is 0.0690. The van der Waals surface area contributed by atoms with Gasteiger partial charge in [0.25, 0.3) is 0 Å². The van der Waals surface area contributed by atoms with Crippen molar-refractivity contribution in [3.63, 3.8) is 0 Å². The summed E-state index contributed by atoms with van der Waals surface area (Å²) in [5, 5.41) is 16.3. The summed E-state index contributed by atoms with van der Waals surface area (Å²) in [5.41, 5.74) is 3.78. The first-order valence-corrected chi connectivity index (χ1v) is 10.7. The van der Waals surface area contributed by atoms with Gasteiger partial charge in [0.2, 0.25) is 0 Å². The third-order valence-electron chi connectivity index (χ3n) is 5.98. The number of fused-ring (bicyclic) bond motifs is 6. The van der Waals surface area contributed by atoms with Crippen LogP contribution in [-0.2, 0) is 19.5 Å². The van der Waals surface area contributed by atoms with Crippen molar-refractivity contribution in [3.8, 4) is 11.5 Å². The molecule has 0 saturated heterocycles. The Bertz CT molecular complexity index is 1650. The number of pyridine rings is 2. The number of aromatic nitrogens is 2. The number of phenols is 1. The van der Waals surface area contributed by atoms with Crippen LogP contribution in [0.5, 0.6) is 11.5 Å². The molecule has 0 saturated carbocycles. The number of hydrogen-bond acceptors (Lipinski definition) is 4. The molecule has 0 unspecified atom stereocenters. The van der Waals surface area contributed by atoms with E-state index in [0.29, 0.717) is 5.75 Å². The maximum Gasteiger partial charge on any atom is 0.128 e. The van der Waals surface area contributed by atoms with E-state index >= 15 is 0 Å². The molecule has 0 aliphatic heterocycles. The van der Waals surface area contributed by atoms with Gasteiger partial charge in [0.15, 0.2) is 0 Å². The summed E-state index contributed by atoms with van der Waals surface area (Å²) in [6.07, 6.45) is 3.56. The second-order valence-electron chi connectivity index (χ2n) is 8.06. The fourth-order valence-corrected chi connectivity index (χ4v) is 4.25. The van der Waals surface area contributed by atoms with E-state index in [1.807, 2.05) is 62.4 Å². The van der Waals surface area contributed by atoms with Crippen LogP contribution < -0.4 is 4.74 Å². The van der Waals surface area contributed by atoms with Crippen LogP contribution in [0.3, 0.4) is 0 Å². The molecule has 0 bridgehead atoms. The van der Waals surface area contributed by atoms with Crippen LogP contribution in [-0.4, -0.2) is 15.1 Å². The van der Waals surface area contributed by atoms with Crippen molar-refractivity contribution < 1.29 is 29.3 Å². The van der Waals surface area contributed by atoms with Crippen LogP contribution in [0.15, 0.2) is 85.2 Å². The molecule has 0 atom stereocenters. The Labute approximate surface area is 211 Å². The maximum absolute atomic E-state index is 10.1. The number of phenolic OH excluding ortho intramolecular Hbond substituents is 1. The van der Waals surface area contributed by atoms with Gasteiger partial charge in [-0.15, -0.1) is 0 Å². The van der Waals surface area contributed by atoms with E-state index in [2.05, 4.69) is 41.3 Å². The number of aryl methyl sites for hydroxylation is 2. The molecule has 0 aliphatic carbocycles. The number of ether oxygens (including phenoxy) is 1. The Morgan fingerprint density at radius 1 is 0.647 bits per heavy atom. The zero-order chi connectivity index (χ0) is 22.9. The first kappa shape index (κ1) is 23.6. The molecule has 1 N–H and O–H groups in total. The predicted octanol–water partition coefficient (Wildman–Crippen LogP) is 7.27. The van der Waals surface area contributed by atoms with Crippen LogP contribution in [0.1, 0.15) is 11.1 Å². The second-order valence-corrected chi connectivity index (χ2v) is 8.06. The molecule has 6 rings (SSSR count). The average Bonchev–Trinajstić information content (AvgIpc) is 2.86. The molecule has 2 aromatic heterocycles. The topological polar surface area (TPSA) is 55.2 Å². The van der Waals surface area contributed by atoms with Crippen LogP contribution in [0.25, 0.3) is 43.4 Å². The minimum absolute atomic E-state index is 0. The molecular formula is C29H23N2O2Zn-. The van der Waals surface area contributed by atoms with E-state index in [1.165, 1.54) is 0 Å². The van der Waals surface area contributed by atoms with E-state index in [0.717, 1.165) is 60.2 Å². The molecule has 164 valence electrons. The van der Waals surface area contributed by atoms with Crippen molar-refractivity contribution in [2.24, 2.45) is 0 Å². The first-order chi connectivity index (χ1) is 16.1. The number of nitrogens with zero attached hydrogens (tertiary/aromatic N) is 2. The average molecular weight is 497 g/mol. The molecule has 4 nitrogen and oxygen atoms in total. The van der Waals surface area contributed by atoms with Gasteiger partial charge in [0, 0.05) is 48.0 Å². The van der Waals surface area contributed by atoms with Gasteiger partial charge < -0.3 is 9.84 Å². The quantitative estimate of drug-likeness (QED) is 0.148. The monoisotopic (exact) mass is 495 g/mol. The van der Waals surface area contributed by atoms with Crippen molar-refractivity contribution in [1.29, 1.82) is 0 Å². The van der Waals surface area contributed by atoms with Gasteiger partial charge >= 0.3 is 0 Å². The minimum atomic E-state index is 0. The van der Waals surface area contributed by atoms with Gasteiger partial charge in [-0.1, -0.05) is 60.7 Å². The zero-order valence-corrected chi connectivity index (χ0v) is 22.2. The number of aromatic hydroxyl groups is 1. The summed E-state index contributed by atoms with van der Waals surface area (Å²) in [4.78, 5) is 8.80. The van der Waals surface area contributed by atoms with E-state index < -0.39 is 0 Å². The fourth-order valence-electron chi connectivity index (χ4n) is 4.25. The van der Waals surface area contributed by atoms with Gasteiger partial charge in [-0.05, 0) is 47.9 Å². The predicted molar refractivity (Wildman–Crippen MR) is 136 cm³/mol. The van der Waals surface area contributed by atoms with Crippen LogP contribution in [0, 0.1) is 21.0 Å². The normalized spacial score (nSPS) is 10.7. The van der Waals surface area contributed by atoms with E-state index in [1.54, 1.807) is 12.4 Å². The Morgan fingerprint density at radius 3 is 1.71 bits per heavy atom. The smallest absolute Gasteiger partial charge is 0.128 e. The van der Waals surface area contributed by atoms with Crippen molar-refractivity contribution in [3.05, 3.63) is 103 Å². The SMILES string of the molecule is Cc1ccc2ccc3cccnc3c2c1O.[CH2-]Oc1c(C)ccc2ccc3cccnc3c12.[Zn]. The Hall–Kier alpha value is -3.56. The van der Waals surface area contributed by atoms with Gasteiger partial charge in [-0.25, -0.2) is 0 Å². The number of rotatable bonds is 1. The largest absolute Gasteiger partial charge is 0.665 e. The maximum atomic E-state index is 10.1. The molecular weight excluding hydrogens is 474 g/mol. The van der Waals surface area contributed by atoms with Gasteiger partial charge in [-0.3, -0.25) is 9.97 Å². The van der Waals surface area contributed by atoms with Gasteiger partial charge in [0.1, 0.15) is 5.75 Å². The zero-order valence-electron chi connectivity index (χ0n) is 19.2. The summed E-state index contributed by atoms with van der Waals surface area (Å²) < 4.78 is 5.28. The first-order valence-electron chi connectivity index (χ1n) is 10.7. The van der Waals surface area contributed by atoms with Crippen LogP contribution >= 0.6 is 0 Å². The summed E-state index contributed by atoms with van der Waals surface area (Å²) >= 11 is 0. The summed E-state index contributed by atoms with van der Waals surface area (Å²) in [6.45, 7) is 3.91.